The first kappa shape index (κ1) is 43.9. The summed E-state index contributed by atoms with van der Waals surface area (Å²) in [5.41, 5.74) is 13.7. The van der Waals surface area contributed by atoms with Crippen LogP contribution in [0.25, 0.3) is 16.7 Å². The average molecular weight is 858 g/mol. The van der Waals surface area contributed by atoms with Crippen molar-refractivity contribution >= 4 is 66.0 Å². The van der Waals surface area contributed by atoms with Crippen molar-refractivity contribution in [2.45, 2.75) is 80.0 Å². The van der Waals surface area contributed by atoms with E-state index in [-0.39, 0.29) is 31.4 Å². The van der Waals surface area contributed by atoms with Gasteiger partial charge in [0.2, 0.25) is 23.6 Å². The summed E-state index contributed by atoms with van der Waals surface area (Å²) in [6.07, 6.45) is 3.85. The molecule has 0 aliphatic carbocycles. The van der Waals surface area contributed by atoms with Crippen LogP contribution in [0.4, 0.5) is 17.3 Å². The predicted molar refractivity (Wildman–Crippen MR) is 239 cm³/mol. The highest BCUT2D eigenvalue weighted by atomic mass is 32.3. The lowest BCUT2D eigenvalue weighted by atomic mass is 9.95. The molecule has 5 aromatic rings. The van der Waals surface area contributed by atoms with Crippen molar-refractivity contribution in [3.63, 3.8) is 0 Å². The molecule has 15 nitrogen and oxygen atoms in total. The Bertz CT molecular complexity index is 2450. The number of hydrogen-bond acceptors (Lipinski definition) is 11. The molecule has 320 valence electrons. The molecule has 0 spiro atoms. The van der Waals surface area contributed by atoms with Crippen LogP contribution >= 0.6 is 10.0 Å². The number of H-pyrrole nitrogens is 1. The molecule has 1 aliphatic rings. The fraction of sp³-hybridized carbons (Fsp3) is 0.372. The maximum atomic E-state index is 13.4. The van der Waals surface area contributed by atoms with E-state index in [4.69, 9.17) is 10.5 Å². The van der Waals surface area contributed by atoms with Gasteiger partial charge in [0.1, 0.15) is 23.9 Å². The first-order chi connectivity index (χ1) is 28.4. The molecule has 1 aliphatic heterocycles. The Morgan fingerprint density at radius 2 is 1.48 bits per heavy atom. The number of nitrogens with two attached hydrogens (primary N) is 1. The highest BCUT2D eigenvalue weighted by Gasteiger charge is 2.43. The number of nitrogen functional groups attached to an aromatic ring is 1. The number of benzene rings is 3. The monoisotopic (exact) mass is 857 g/mol. The van der Waals surface area contributed by atoms with Gasteiger partial charge in [-0.1, -0.05) is 70.2 Å². The molecule has 6 N–H and O–H groups in total. The zero-order valence-corrected chi connectivity index (χ0v) is 36.9. The third kappa shape index (κ3) is 9.37. The lowest BCUT2D eigenvalue weighted by Crippen LogP contribution is -2.50. The van der Waals surface area contributed by atoms with Crippen LogP contribution in [-0.4, -0.2) is 95.2 Å². The van der Waals surface area contributed by atoms with Crippen molar-refractivity contribution in [1.29, 1.82) is 0 Å². The first-order valence-corrected chi connectivity index (χ1v) is 23.1. The van der Waals surface area contributed by atoms with Gasteiger partial charge in [-0.2, -0.15) is 28.4 Å². The number of allylic oxidation sites excluding steroid dienone is 1. The molecule has 2 aromatic heterocycles. The average Bonchev–Trinajstić information content (AvgIpc) is 3.66. The maximum Gasteiger partial charge on any atom is 0.267 e. The van der Waals surface area contributed by atoms with Gasteiger partial charge < -0.3 is 35.9 Å². The number of fused-ring (bicyclic) bond motifs is 3. The van der Waals surface area contributed by atoms with E-state index in [1.165, 1.54) is 16.1 Å². The van der Waals surface area contributed by atoms with Crippen molar-refractivity contribution in [3.8, 4) is 5.88 Å². The van der Waals surface area contributed by atoms with Crippen LogP contribution in [-0.2, 0) is 32.9 Å². The van der Waals surface area contributed by atoms with E-state index in [2.05, 4.69) is 111 Å². The number of rotatable bonds is 16. The summed E-state index contributed by atoms with van der Waals surface area (Å²) in [4.78, 5) is 48.8. The van der Waals surface area contributed by atoms with E-state index in [9.17, 15) is 22.6 Å². The number of aromatic nitrogens is 4. The van der Waals surface area contributed by atoms with E-state index < -0.39 is 43.8 Å². The Morgan fingerprint density at radius 1 is 0.900 bits per heavy atom. The minimum Gasteiger partial charge on any atom is -0.471 e. The van der Waals surface area contributed by atoms with Gasteiger partial charge in [0, 0.05) is 62.3 Å². The topological polar surface area (TPSA) is 209 Å². The second kappa shape index (κ2) is 17.9. The number of carbonyl (C=O) groups excluding carboxylic acids is 2. The minimum atomic E-state index is -4.62. The largest absolute Gasteiger partial charge is 0.471 e. The van der Waals surface area contributed by atoms with E-state index in [1.54, 1.807) is 24.3 Å². The number of carbonyl (C=O) groups is 2. The Morgan fingerprint density at radius 3 is 2.03 bits per heavy atom. The van der Waals surface area contributed by atoms with Crippen LogP contribution in [0.3, 0.4) is 0 Å². The third-order valence-electron chi connectivity index (χ3n) is 10.6. The lowest BCUT2D eigenvalue weighted by Gasteiger charge is -2.53. The number of aromatic amines is 1. The van der Waals surface area contributed by atoms with Crippen molar-refractivity contribution in [3.05, 3.63) is 95.3 Å². The normalized spacial score (nSPS) is 14.3. The van der Waals surface area contributed by atoms with Crippen LogP contribution in [0.2, 0.25) is 0 Å². The van der Waals surface area contributed by atoms with Crippen molar-refractivity contribution < 1.29 is 27.3 Å². The second-order valence-electron chi connectivity index (χ2n) is 15.8. The van der Waals surface area contributed by atoms with Crippen LogP contribution in [0, 0.1) is 0 Å². The number of amides is 2. The van der Waals surface area contributed by atoms with Crippen molar-refractivity contribution in [1.82, 2.24) is 30.6 Å². The first-order valence-electron chi connectivity index (χ1n) is 19.7. The predicted octanol–water partition coefficient (Wildman–Crippen LogP) is 5.90. The molecule has 60 heavy (non-hydrogen) atoms. The van der Waals surface area contributed by atoms with Gasteiger partial charge in [0.15, 0.2) is 5.65 Å². The zero-order valence-electron chi connectivity index (χ0n) is 35.3. The SMILES string of the molecule is CC(C)S1(C(C)C)c2cc(N(C)C)ccc2C(=CCCC(=O)NC(CS(=O)(=O)O)C(=O)NCc2ccc(COc3nc(N)nc4nc[nH]c34)cc2)c2ccc(N(C)C)cc21. The molecular formula is C43H55N9O6S2. The molecular weight excluding hydrogens is 803 g/mol. The lowest BCUT2D eigenvalue weighted by molar-refractivity contribution is -0.128. The second-order valence-corrected chi connectivity index (χ2v) is 21.5. The molecule has 17 heteroatoms. The molecule has 0 radical (unpaired) electrons. The quantitative estimate of drug-likeness (QED) is 0.0736. The summed E-state index contributed by atoms with van der Waals surface area (Å²) in [5.74, 6) is -1.95. The molecule has 1 atom stereocenters. The van der Waals surface area contributed by atoms with Gasteiger partial charge in [0.25, 0.3) is 10.1 Å². The van der Waals surface area contributed by atoms with E-state index in [0.29, 0.717) is 33.6 Å². The smallest absolute Gasteiger partial charge is 0.267 e. The maximum absolute atomic E-state index is 13.4. The molecule has 0 bridgehead atoms. The molecule has 0 saturated heterocycles. The number of nitrogens with zero attached hydrogens (tertiary/aromatic N) is 5. The van der Waals surface area contributed by atoms with Crippen molar-refractivity contribution in [2.75, 3.05) is 49.5 Å². The van der Waals surface area contributed by atoms with Crippen LogP contribution in [0.15, 0.2) is 82.9 Å². The molecule has 1 unspecified atom stereocenters. The molecule has 0 saturated carbocycles. The third-order valence-corrected chi connectivity index (χ3v) is 16.5. The summed E-state index contributed by atoms with van der Waals surface area (Å²) in [5, 5.41) is 5.93. The van der Waals surface area contributed by atoms with E-state index >= 15 is 0 Å². The molecule has 3 heterocycles. The highest BCUT2D eigenvalue weighted by molar-refractivity contribution is 8.34. The molecule has 0 fully saturated rings. The summed E-state index contributed by atoms with van der Waals surface area (Å²) >= 11 is 0. The van der Waals surface area contributed by atoms with E-state index in [0.717, 1.165) is 33.6 Å². The van der Waals surface area contributed by atoms with Crippen molar-refractivity contribution in [2.24, 2.45) is 0 Å². The Labute approximate surface area is 353 Å². The van der Waals surface area contributed by atoms with Crippen LogP contribution in [0.5, 0.6) is 5.88 Å². The highest BCUT2D eigenvalue weighted by Crippen LogP contribution is 2.74. The standard InChI is InChI=1S/C43H55N9O6S2/c1-26(2)60(27(3)4)36-20-30(51(5)6)16-18-33(36)32(34-19-17-31(52(7)8)21-37(34)60)10-9-11-38(53)48-35(24-59(55,56)57)41(54)45-22-28-12-14-29(15-13-28)23-58-42-39-40(47-25-46-39)49-43(44)50-42/h10,12-21,25-27,35H,9,11,22-24H2,1-8H3,(H,45,54)(H,48,53)(H,55,56,57)(H3,44,46,47,49,50). The summed E-state index contributed by atoms with van der Waals surface area (Å²) in [6, 6.07) is 18.9. The van der Waals surface area contributed by atoms with Crippen LogP contribution < -0.4 is 30.9 Å². The van der Waals surface area contributed by atoms with Gasteiger partial charge in [-0.05, 0) is 69.0 Å². The van der Waals surface area contributed by atoms with Gasteiger partial charge in [-0.25, -0.2) is 4.98 Å². The van der Waals surface area contributed by atoms with Gasteiger partial charge in [-0.3, -0.25) is 14.1 Å². The molecule has 6 rings (SSSR count). The fourth-order valence-corrected chi connectivity index (χ4v) is 13.5. The number of ether oxygens (including phenoxy) is 1. The number of imidazole rings is 1. The van der Waals surface area contributed by atoms with Gasteiger partial charge >= 0.3 is 0 Å². The fourth-order valence-electron chi connectivity index (χ4n) is 7.78. The van der Waals surface area contributed by atoms with Crippen LogP contribution in [0.1, 0.15) is 62.8 Å². The van der Waals surface area contributed by atoms with Gasteiger partial charge in [0.05, 0.1) is 6.33 Å². The Hall–Kier alpha value is -5.65. The number of hydrogen-bond donors (Lipinski definition) is 5. The molecule has 3 aromatic carbocycles. The minimum absolute atomic E-state index is 0.0155. The summed E-state index contributed by atoms with van der Waals surface area (Å²) < 4.78 is 39.5. The Kier molecular flexibility index (Phi) is 13.1. The van der Waals surface area contributed by atoms with E-state index in [1.807, 2.05) is 28.2 Å². The number of anilines is 3. The summed E-state index contributed by atoms with van der Waals surface area (Å²) in [6.45, 7) is 9.48. The summed E-state index contributed by atoms with van der Waals surface area (Å²) in [7, 11) is 2.02. The Balaban J connectivity index is 1.16. The number of nitrogens with one attached hydrogen (secondary N) is 3. The molecule has 2 amide bonds. The van der Waals surface area contributed by atoms with Gasteiger partial charge in [-0.15, -0.1) is 0 Å². The zero-order chi connectivity index (χ0) is 43.5.